The van der Waals surface area contributed by atoms with Gasteiger partial charge in [-0.05, 0) is 12.1 Å². The second-order valence-electron chi connectivity index (χ2n) is 5.38. The molecule has 0 unspecified atom stereocenters. The van der Waals surface area contributed by atoms with Crippen molar-refractivity contribution < 1.29 is 9.72 Å². The van der Waals surface area contributed by atoms with Gasteiger partial charge < -0.3 is 4.90 Å². The van der Waals surface area contributed by atoms with Crippen molar-refractivity contribution in [3.63, 3.8) is 0 Å². The molecule has 130 valence electrons. The summed E-state index contributed by atoms with van der Waals surface area (Å²) in [5, 5.41) is 19.1. The maximum atomic E-state index is 12.6. The van der Waals surface area contributed by atoms with Crippen molar-refractivity contribution in [2.75, 3.05) is 11.4 Å². The molecule has 1 aliphatic heterocycles. The number of nitrogens with zero attached hydrogens (tertiary/aromatic N) is 4. The van der Waals surface area contributed by atoms with Gasteiger partial charge in [0, 0.05) is 34.8 Å². The van der Waals surface area contributed by atoms with Gasteiger partial charge >= 0.3 is 0 Å². The summed E-state index contributed by atoms with van der Waals surface area (Å²) in [5.41, 5.74) is 1.83. The SMILES string of the molecule is C=CCN1C(=O)/C(=N\N=C/c2cc([N+](=O)[O-])ccc2Cl)c2ccccc21. The van der Waals surface area contributed by atoms with Crippen LogP contribution in [0.15, 0.2) is 65.3 Å². The van der Waals surface area contributed by atoms with Crippen LogP contribution in [0.2, 0.25) is 5.02 Å². The van der Waals surface area contributed by atoms with E-state index in [0.717, 1.165) is 5.69 Å². The van der Waals surface area contributed by atoms with Crippen molar-refractivity contribution in [3.05, 3.63) is 81.4 Å². The number of halogens is 1. The van der Waals surface area contributed by atoms with Crippen LogP contribution < -0.4 is 4.90 Å². The number of nitro groups is 1. The van der Waals surface area contributed by atoms with E-state index in [1.165, 1.54) is 24.4 Å². The number of hydrogen-bond acceptors (Lipinski definition) is 5. The van der Waals surface area contributed by atoms with E-state index in [0.29, 0.717) is 22.7 Å². The molecule has 26 heavy (non-hydrogen) atoms. The number of carbonyl (C=O) groups is 1. The Bertz CT molecular complexity index is 969. The van der Waals surface area contributed by atoms with Gasteiger partial charge in [-0.3, -0.25) is 14.9 Å². The van der Waals surface area contributed by atoms with Crippen LogP contribution in [0.1, 0.15) is 11.1 Å². The van der Waals surface area contributed by atoms with E-state index in [4.69, 9.17) is 11.6 Å². The Kier molecular flexibility index (Phi) is 4.90. The molecule has 1 aliphatic rings. The zero-order valence-electron chi connectivity index (χ0n) is 13.5. The highest BCUT2D eigenvalue weighted by Gasteiger charge is 2.32. The number of benzene rings is 2. The monoisotopic (exact) mass is 368 g/mol. The van der Waals surface area contributed by atoms with Gasteiger partial charge in [0.2, 0.25) is 0 Å². The molecule has 0 aromatic heterocycles. The lowest BCUT2D eigenvalue weighted by Gasteiger charge is -2.13. The van der Waals surface area contributed by atoms with E-state index < -0.39 is 4.92 Å². The molecule has 0 saturated heterocycles. The molecule has 0 aliphatic carbocycles. The van der Waals surface area contributed by atoms with Gasteiger partial charge in [0.1, 0.15) is 0 Å². The molecule has 1 amide bonds. The van der Waals surface area contributed by atoms with E-state index >= 15 is 0 Å². The van der Waals surface area contributed by atoms with Crippen LogP contribution >= 0.6 is 11.6 Å². The molecule has 0 fully saturated rings. The van der Waals surface area contributed by atoms with Crippen LogP contribution in [-0.2, 0) is 4.79 Å². The normalized spacial score (nSPS) is 14.9. The molecule has 0 bridgehead atoms. The fraction of sp³-hybridized carbons (Fsp3) is 0.0556. The molecule has 0 radical (unpaired) electrons. The summed E-state index contributed by atoms with van der Waals surface area (Å²) in [5.74, 6) is -0.284. The van der Waals surface area contributed by atoms with Crippen LogP contribution in [0.5, 0.6) is 0 Å². The average Bonchev–Trinajstić information content (AvgIpc) is 2.89. The van der Waals surface area contributed by atoms with E-state index in [-0.39, 0.29) is 17.3 Å². The highest BCUT2D eigenvalue weighted by molar-refractivity contribution is 6.54. The third-order valence-electron chi connectivity index (χ3n) is 3.75. The van der Waals surface area contributed by atoms with Crippen molar-refractivity contribution in [2.24, 2.45) is 10.2 Å². The van der Waals surface area contributed by atoms with Crippen molar-refractivity contribution in [1.82, 2.24) is 0 Å². The summed E-state index contributed by atoms with van der Waals surface area (Å²) >= 11 is 6.02. The molecule has 2 aromatic carbocycles. The van der Waals surface area contributed by atoms with Crippen molar-refractivity contribution >= 4 is 40.8 Å². The predicted molar refractivity (Wildman–Crippen MR) is 101 cm³/mol. The maximum absolute atomic E-state index is 12.6. The van der Waals surface area contributed by atoms with Crippen LogP contribution in [-0.4, -0.2) is 29.3 Å². The Morgan fingerprint density at radius 1 is 1.27 bits per heavy atom. The minimum Gasteiger partial charge on any atom is -0.302 e. The molecule has 3 rings (SSSR count). The number of non-ortho nitro benzene ring substituents is 1. The summed E-state index contributed by atoms with van der Waals surface area (Å²) in [7, 11) is 0. The fourth-order valence-electron chi connectivity index (χ4n) is 2.56. The van der Waals surface area contributed by atoms with Gasteiger partial charge in [0.15, 0.2) is 5.71 Å². The van der Waals surface area contributed by atoms with Crippen molar-refractivity contribution in [1.29, 1.82) is 0 Å². The van der Waals surface area contributed by atoms with Crippen LogP contribution in [0, 0.1) is 10.1 Å². The van der Waals surface area contributed by atoms with E-state index in [2.05, 4.69) is 16.8 Å². The first-order valence-corrected chi connectivity index (χ1v) is 7.98. The molecule has 1 heterocycles. The second-order valence-corrected chi connectivity index (χ2v) is 5.78. The molecular weight excluding hydrogens is 356 g/mol. The number of para-hydroxylation sites is 1. The van der Waals surface area contributed by atoms with Gasteiger partial charge in [0.25, 0.3) is 11.6 Å². The summed E-state index contributed by atoms with van der Waals surface area (Å²) in [6.07, 6.45) is 2.91. The van der Waals surface area contributed by atoms with Gasteiger partial charge in [-0.15, -0.1) is 11.7 Å². The average molecular weight is 369 g/mol. The highest BCUT2D eigenvalue weighted by atomic mass is 35.5. The topological polar surface area (TPSA) is 88.2 Å². The molecule has 7 nitrogen and oxygen atoms in total. The van der Waals surface area contributed by atoms with Gasteiger partial charge in [-0.2, -0.15) is 5.10 Å². The second kappa shape index (κ2) is 7.28. The Morgan fingerprint density at radius 3 is 2.77 bits per heavy atom. The summed E-state index contributed by atoms with van der Waals surface area (Å²) in [6, 6.07) is 11.2. The number of fused-ring (bicyclic) bond motifs is 1. The Hall–Kier alpha value is -3.32. The maximum Gasteiger partial charge on any atom is 0.279 e. The van der Waals surface area contributed by atoms with Gasteiger partial charge in [0.05, 0.1) is 16.8 Å². The number of rotatable bonds is 5. The van der Waals surface area contributed by atoms with Crippen LogP contribution in [0.4, 0.5) is 11.4 Å². The number of anilines is 1. The number of amides is 1. The van der Waals surface area contributed by atoms with Crippen LogP contribution in [0.3, 0.4) is 0 Å². The number of hydrogen-bond donors (Lipinski definition) is 0. The largest absolute Gasteiger partial charge is 0.302 e. The molecule has 0 N–H and O–H groups in total. The lowest BCUT2D eigenvalue weighted by atomic mass is 10.1. The van der Waals surface area contributed by atoms with Gasteiger partial charge in [-0.25, -0.2) is 0 Å². The Balaban J connectivity index is 1.95. The minimum atomic E-state index is -0.524. The quantitative estimate of drug-likeness (QED) is 0.349. The zero-order chi connectivity index (χ0) is 18.7. The Labute approximate surface area is 154 Å². The van der Waals surface area contributed by atoms with E-state index in [9.17, 15) is 14.9 Å². The summed E-state index contributed by atoms with van der Waals surface area (Å²) in [4.78, 5) is 24.4. The van der Waals surface area contributed by atoms with Crippen LogP contribution in [0.25, 0.3) is 0 Å². The van der Waals surface area contributed by atoms with Crippen molar-refractivity contribution in [3.8, 4) is 0 Å². The molecule has 0 spiro atoms. The third-order valence-corrected chi connectivity index (χ3v) is 4.10. The van der Waals surface area contributed by atoms with Gasteiger partial charge in [-0.1, -0.05) is 35.9 Å². The highest BCUT2D eigenvalue weighted by Crippen LogP contribution is 2.29. The predicted octanol–water partition coefficient (Wildman–Crippen LogP) is 3.60. The number of nitro benzene ring substituents is 1. The van der Waals surface area contributed by atoms with E-state index in [1.54, 1.807) is 23.1 Å². The third kappa shape index (κ3) is 3.25. The zero-order valence-corrected chi connectivity index (χ0v) is 14.3. The first-order valence-electron chi connectivity index (χ1n) is 7.60. The first-order chi connectivity index (χ1) is 12.5. The first kappa shape index (κ1) is 17.5. The molecular formula is C18H13ClN4O3. The Morgan fingerprint density at radius 2 is 2.04 bits per heavy atom. The summed E-state index contributed by atoms with van der Waals surface area (Å²) < 4.78 is 0. The van der Waals surface area contributed by atoms with Crippen molar-refractivity contribution in [2.45, 2.75) is 0 Å². The molecule has 0 atom stereocenters. The molecule has 8 heteroatoms. The van der Waals surface area contributed by atoms with E-state index in [1.807, 2.05) is 12.1 Å². The smallest absolute Gasteiger partial charge is 0.279 e. The lowest BCUT2D eigenvalue weighted by Crippen LogP contribution is -2.30. The lowest BCUT2D eigenvalue weighted by molar-refractivity contribution is -0.384. The summed E-state index contributed by atoms with van der Waals surface area (Å²) in [6.45, 7) is 4.01. The minimum absolute atomic E-state index is 0.108. The molecule has 2 aromatic rings. The fourth-order valence-corrected chi connectivity index (χ4v) is 2.73. The number of carbonyl (C=O) groups excluding carboxylic acids is 1. The molecule has 0 saturated carbocycles. The standard InChI is InChI=1S/C18H13ClN4O3/c1-2-9-22-16-6-4-3-5-14(16)17(18(22)24)21-20-11-12-10-13(23(25)26)7-8-15(12)19/h2-8,10-11H,1,9H2/b20-11-,21-17-.